The summed E-state index contributed by atoms with van der Waals surface area (Å²) in [5, 5.41) is 11.8. The third-order valence-corrected chi connectivity index (χ3v) is 5.22. The predicted molar refractivity (Wildman–Crippen MR) is 106 cm³/mol. The molecular formula is C21H26FN5O. The Hall–Kier alpha value is -2.96. The highest BCUT2D eigenvalue weighted by molar-refractivity contribution is 5.76. The van der Waals surface area contributed by atoms with Crippen LogP contribution in [-0.4, -0.2) is 25.5 Å². The Bertz CT molecular complexity index is 987. The quantitative estimate of drug-likeness (QED) is 0.709. The highest BCUT2D eigenvalue weighted by Gasteiger charge is 2.17. The number of rotatable bonds is 6. The standard InChI is InChI=1S/C21H26FN5O/c1-13(24-21(28)11-10-19-14(2)25-26(5)15(19)3)20-12-23-27(16(20)4)18-8-6-17(22)7-9-18/h6-9,12-13H,10-11H2,1-5H3,(H,24,28). The topological polar surface area (TPSA) is 64.7 Å². The molecule has 6 nitrogen and oxygen atoms in total. The van der Waals surface area contributed by atoms with Gasteiger partial charge in [0.15, 0.2) is 0 Å². The van der Waals surface area contributed by atoms with Crippen LogP contribution in [0.4, 0.5) is 4.39 Å². The molecule has 0 aliphatic heterocycles. The first-order valence-corrected chi connectivity index (χ1v) is 9.36. The third-order valence-electron chi connectivity index (χ3n) is 5.22. The van der Waals surface area contributed by atoms with Crippen molar-refractivity contribution in [3.8, 4) is 5.69 Å². The van der Waals surface area contributed by atoms with E-state index >= 15 is 0 Å². The molecule has 0 aliphatic rings. The molecule has 2 heterocycles. The van der Waals surface area contributed by atoms with Crippen LogP contribution in [0.1, 0.15) is 47.6 Å². The van der Waals surface area contributed by atoms with Crippen molar-refractivity contribution in [3.05, 3.63) is 64.5 Å². The second-order valence-electron chi connectivity index (χ2n) is 7.14. The van der Waals surface area contributed by atoms with Gasteiger partial charge in [-0.3, -0.25) is 9.48 Å². The Labute approximate surface area is 164 Å². The number of hydrogen-bond donors (Lipinski definition) is 1. The smallest absolute Gasteiger partial charge is 0.220 e. The molecule has 28 heavy (non-hydrogen) atoms. The van der Waals surface area contributed by atoms with Crippen LogP contribution >= 0.6 is 0 Å². The molecule has 3 aromatic rings. The SMILES string of the molecule is Cc1nn(C)c(C)c1CCC(=O)NC(C)c1cnn(-c2ccc(F)cc2)c1C. The fraction of sp³-hybridized carbons (Fsp3) is 0.381. The van der Waals surface area contributed by atoms with Crippen molar-refractivity contribution in [3.63, 3.8) is 0 Å². The minimum Gasteiger partial charge on any atom is -0.349 e. The second-order valence-corrected chi connectivity index (χ2v) is 7.14. The van der Waals surface area contributed by atoms with Gasteiger partial charge >= 0.3 is 0 Å². The molecule has 148 valence electrons. The van der Waals surface area contributed by atoms with Gasteiger partial charge in [0.25, 0.3) is 0 Å². The highest BCUT2D eigenvalue weighted by Crippen LogP contribution is 2.21. The molecule has 1 atom stereocenters. The molecule has 0 bridgehead atoms. The number of amides is 1. The summed E-state index contributed by atoms with van der Waals surface area (Å²) in [6, 6.07) is 6.01. The summed E-state index contributed by atoms with van der Waals surface area (Å²) in [6.07, 6.45) is 2.82. The molecule has 1 aromatic carbocycles. The fourth-order valence-electron chi connectivity index (χ4n) is 3.50. The zero-order valence-electron chi connectivity index (χ0n) is 17.0. The molecule has 2 aromatic heterocycles. The molecule has 1 amide bonds. The van der Waals surface area contributed by atoms with E-state index in [-0.39, 0.29) is 17.8 Å². The molecule has 0 radical (unpaired) electrons. The third kappa shape index (κ3) is 3.98. The van der Waals surface area contributed by atoms with E-state index in [9.17, 15) is 9.18 Å². The Morgan fingerprint density at radius 2 is 1.86 bits per heavy atom. The van der Waals surface area contributed by atoms with E-state index in [2.05, 4.69) is 15.5 Å². The van der Waals surface area contributed by atoms with Crippen LogP contribution in [0.2, 0.25) is 0 Å². The monoisotopic (exact) mass is 383 g/mol. The minimum atomic E-state index is -0.284. The lowest BCUT2D eigenvalue weighted by Gasteiger charge is -2.14. The normalized spacial score (nSPS) is 12.2. The molecule has 0 spiro atoms. The molecule has 0 saturated carbocycles. The van der Waals surface area contributed by atoms with Crippen LogP contribution in [0.25, 0.3) is 5.69 Å². The molecule has 7 heteroatoms. The van der Waals surface area contributed by atoms with E-state index in [1.54, 1.807) is 23.0 Å². The zero-order valence-corrected chi connectivity index (χ0v) is 17.0. The van der Waals surface area contributed by atoms with Gasteiger partial charge in [0.05, 0.1) is 23.6 Å². The van der Waals surface area contributed by atoms with Crippen molar-refractivity contribution in [2.75, 3.05) is 0 Å². The zero-order chi connectivity index (χ0) is 20.4. The van der Waals surface area contributed by atoms with Crippen LogP contribution in [0.15, 0.2) is 30.5 Å². The van der Waals surface area contributed by atoms with Gasteiger partial charge in [-0.25, -0.2) is 9.07 Å². The number of nitrogens with zero attached hydrogens (tertiary/aromatic N) is 4. The van der Waals surface area contributed by atoms with Crippen LogP contribution in [0.3, 0.4) is 0 Å². The number of carbonyl (C=O) groups is 1. The van der Waals surface area contributed by atoms with Crippen LogP contribution < -0.4 is 5.32 Å². The van der Waals surface area contributed by atoms with Gasteiger partial charge in [0, 0.05) is 30.4 Å². The molecule has 0 fully saturated rings. The number of aryl methyl sites for hydroxylation is 2. The predicted octanol–water partition coefficient (Wildman–Crippen LogP) is 3.48. The van der Waals surface area contributed by atoms with E-state index in [1.165, 1.54) is 12.1 Å². The van der Waals surface area contributed by atoms with E-state index < -0.39 is 0 Å². The maximum absolute atomic E-state index is 13.1. The number of aromatic nitrogens is 4. The molecule has 1 unspecified atom stereocenters. The van der Waals surface area contributed by atoms with Gasteiger partial charge in [0.1, 0.15) is 5.82 Å². The Kier molecular flexibility index (Phi) is 5.63. The first-order chi connectivity index (χ1) is 13.3. The number of carbonyl (C=O) groups excluding carboxylic acids is 1. The van der Waals surface area contributed by atoms with Gasteiger partial charge in [-0.1, -0.05) is 0 Å². The lowest BCUT2D eigenvalue weighted by molar-refractivity contribution is -0.121. The summed E-state index contributed by atoms with van der Waals surface area (Å²) in [5.41, 5.74) is 5.83. The average molecular weight is 383 g/mol. The average Bonchev–Trinajstić information content (AvgIpc) is 3.14. The largest absolute Gasteiger partial charge is 0.349 e. The van der Waals surface area contributed by atoms with E-state index in [0.717, 1.165) is 33.9 Å². The van der Waals surface area contributed by atoms with Crippen molar-refractivity contribution < 1.29 is 9.18 Å². The maximum atomic E-state index is 13.1. The van der Waals surface area contributed by atoms with Crippen LogP contribution in [-0.2, 0) is 18.3 Å². The van der Waals surface area contributed by atoms with Crippen molar-refractivity contribution in [2.24, 2.45) is 7.05 Å². The van der Waals surface area contributed by atoms with E-state index in [0.29, 0.717) is 12.8 Å². The Morgan fingerprint density at radius 1 is 1.18 bits per heavy atom. The second kappa shape index (κ2) is 7.96. The molecule has 0 saturated heterocycles. The summed E-state index contributed by atoms with van der Waals surface area (Å²) in [4.78, 5) is 12.4. The van der Waals surface area contributed by atoms with Crippen LogP contribution in [0.5, 0.6) is 0 Å². The lowest BCUT2D eigenvalue weighted by atomic mass is 10.1. The molecule has 3 rings (SSSR count). The van der Waals surface area contributed by atoms with Gasteiger partial charge in [-0.2, -0.15) is 10.2 Å². The summed E-state index contributed by atoms with van der Waals surface area (Å²) < 4.78 is 16.7. The Morgan fingerprint density at radius 3 is 2.46 bits per heavy atom. The summed E-state index contributed by atoms with van der Waals surface area (Å²) in [5.74, 6) is -0.294. The van der Waals surface area contributed by atoms with Crippen molar-refractivity contribution in [2.45, 2.75) is 46.6 Å². The van der Waals surface area contributed by atoms with E-state index in [1.807, 2.05) is 39.4 Å². The first-order valence-electron chi connectivity index (χ1n) is 9.36. The number of hydrogen-bond acceptors (Lipinski definition) is 3. The van der Waals surface area contributed by atoms with Crippen molar-refractivity contribution >= 4 is 5.91 Å². The summed E-state index contributed by atoms with van der Waals surface area (Å²) >= 11 is 0. The molecule has 1 N–H and O–H groups in total. The van der Waals surface area contributed by atoms with Gasteiger partial charge in [-0.05, 0) is 63.9 Å². The maximum Gasteiger partial charge on any atom is 0.220 e. The molecule has 0 aliphatic carbocycles. The van der Waals surface area contributed by atoms with Gasteiger partial charge in [-0.15, -0.1) is 0 Å². The first kappa shape index (κ1) is 19.8. The minimum absolute atomic E-state index is 0.0101. The van der Waals surface area contributed by atoms with Gasteiger partial charge in [0.2, 0.25) is 5.91 Å². The summed E-state index contributed by atoms with van der Waals surface area (Å²) in [7, 11) is 1.91. The highest BCUT2D eigenvalue weighted by atomic mass is 19.1. The Balaban J connectivity index is 1.65. The van der Waals surface area contributed by atoms with Crippen molar-refractivity contribution in [1.29, 1.82) is 0 Å². The van der Waals surface area contributed by atoms with E-state index in [4.69, 9.17) is 0 Å². The van der Waals surface area contributed by atoms with Crippen molar-refractivity contribution in [1.82, 2.24) is 24.9 Å². The van der Waals surface area contributed by atoms with Gasteiger partial charge < -0.3 is 5.32 Å². The van der Waals surface area contributed by atoms with Crippen LogP contribution in [0, 0.1) is 26.6 Å². The summed E-state index contributed by atoms with van der Waals surface area (Å²) in [6.45, 7) is 7.87. The fourth-order valence-corrected chi connectivity index (χ4v) is 3.50. The lowest BCUT2D eigenvalue weighted by Crippen LogP contribution is -2.27. The molecular weight excluding hydrogens is 357 g/mol. The number of nitrogens with one attached hydrogen (secondary N) is 1. The number of halogens is 1. The number of benzene rings is 1.